The first-order valence-electron chi connectivity index (χ1n) is 21.5. The van der Waals surface area contributed by atoms with Crippen LogP contribution in [0.15, 0.2) is 247 Å². The molecule has 0 spiro atoms. The standard InChI is InChI=1S/C60H40N2O/c1-3-14-41(15-4-1)42-26-33-47(34-27-42)61(49-37-30-45(31-38-49)51-19-8-7-18-50(51)44-16-5-2-6-17-44)48-35-28-43(29-36-48)46-32-39-57-55(40-46)52-20-9-11-23-56(52)62(57)58-24-13-22-54-53-21-10-12-25-59(53)63-60(54)58/h1-40H. The van der Waals surface area contributed by atoms with E-state index in [1.807, 2.05) is 12.1 Å². The van der Waals surface area contributed by atoms with Crippen LogP contribution in [0.3, 0.4) is 0 Å². The van der Waals surface area contributed by atoms with Gasteiger partial charge in [-0.15, -0.1) is 0 Å². The van der Waals surface area contributed by atoms with Crippen LogP contribution >= 0.6 is 0 Å². The largest absolute Gasteiger partial charge is 0.454 e. The van der Waals surface area contributed by atoms with Gasteiger partial charge in [-0.3, -0.25) is 0 Å². The minimum atomic E-state index is 0.895. The van der Waals surface area contributed by atoms with Crippen molar-refractivity contribution >= 4 is 60.8 Å². The number of hydrogen-bond acceptors (Lipinski definition) is 2. The third kappa shape index (κ3) is 6.38. The summed E-state index contributed by atoms with van der Waals surface area (Å²) in [6.45, 7) is 0. The molecule has 12 rings (SSSR count). The van der Waals surface area contributed by atoms with Crippen molar-refractivity contribution in [3.8, 4) is 50.2 Å². The molecule has 2 heterocycles. The lowest BCUT2D eigenvalue weighted by molar-refractivity contribution is 0.666. The van der Waals surface area contributed by atoms with Crippen molar-refractivity contribution < 1.29 is 4.42 Å². The van der Waals surface area contributed by atoms with Gasteiger partial charge < -0.3 is 13.9 Å². The van der Waals surface area contributed by atoms with Crippen LogP contribution in [0, 0.1) is 0 Å². The molecule has 0 radical (unpaired) electrons. The Morgan fingerprint density at radius 3 is 1.43 bits per heavy atom. The quantitative estimate of drug-likeness (QED) is 0.153. The molecule has 0 amide bonds. The molecule has 0 fully saturated rings. The Balaban J connectivity index is 0.931. The second kappa shape index (κ2) is 15.3. The molecule has 0 aliphatic heterocycles. The van der Waals surface area contributed by atoms with Crippen molar-refractivity contribution in [2.45, 2.75) is 0 Å². The number of anilines is 3. The Hall–Kier alpha value is -8.40. The molecule has 63 heavy (non-hydrogen) atoms. The van der Waals surface area contributed by atoms with Gasteiger partial charge in [-0.05, 0) is 111 Å². The summed E-state index contributed by atoms with van der Waals surface area (Å²) in [5.74, 6) is 0. The topological polar surface area (TPSA) is 21.3 Å². The number of nitrogens with zero attached hydrogens (tertiary/aromatic N) is 2. The highest BCUT2D eigenvalue weighted by Crippen LogP contribution is 2.42. The normalized spacial score (nSPS) is 11.5. The van der Waals surface area contributed by atoms with Crippen molar-refractivity contribution in [3.05, 3.63) is 243 Å². The van der Waals surface area contributed by atoms with E-state index in [1.165, 1.54) is 49.7 Å². The molecular formula is C60H40N2O. The predicted octanol–water partition coefficient (Wildman–Crippen LogP) is 16.8. The van der Waals surface area contributed by atoms with E-state index in [9.17, 15) is 0 Å². The SMILES string of the molecule is c1ccc(-c2ccc(N(c3ccc(-c4ccc5c(c4)c4ccccc4n5-c4cccc5c4oc4ccccc45)cc3)c3ccc(-c4ccccc4-c4ccccc4)cc3)cc2)cc1. The fourth-order valence-corrected chi connectivity index (χ4v) is 9.40. The molecule has 296 valence electrons. The van der Waals surface area contributed by atoms with Crippen molar-refractivity contribution in [3.63, 3.8) is 0 Å². The molecule has 3 nitrogen and oxygen atoms in total. The van der Waals surface area contributed by atoms with Gasteiger partial charge in [0.2, 0.25) is 0 Å². The Kier molecular flexibility index (Phi) is 8.83. The molecule has 0 atom stereocenters. The zero-order valence-corrected chi connectivity index (χ0v) is 34.4. The Bertz CT molecular complexity index is 3580. The first-order chi connectivity index (χ1) is 31.2. The average Bonchev–Trinajstić information content (AvgIpc) is 3.91. The summed E-state index contributed by atoms with van der Waals surface area (Å²) in [5, 5.41) is 4.66. The lowest BCUT2D eigenvalue weighted by Crippen LogP contribution is -2.09. The number of benzene rings is 10. The number of aromatic nitrogens is 1. The number of fused-ring (bicyclic) bond motifs is 6. The molecule has 0 saturated carbocycles. The fraction of sp³-hybridized carbons (Fsp3) is 0. The van der Waals surface area contributed by atoms with Crippen LogP contribution in [-0.4, -0.2) is 4.57 Å². The maximum Gasteiger partial charge on any atom is 0.159 e. The van der Waals surface area contributed by atoms with Crippen LogP contribution in [0.5, 0.6) is 0 Å². The van der Waals surface area contributed by atoms with E-state index in [4.69, 9.17) is 4.42 Å². The molecule has 12 aromatic rings. The van der Waals surface area contributed by atoms with Gasteiger partial charge in [0.1, 0.15) is 5.58 Å². The predicted molar refractivity (Wildman–Crippen MR) is 264 cm³/mol. The number of furan rings is 1. The van der Waals surface area contributed by atoms with E-state index < -0.39 is 0 Å². The summed E-state index contributed by atoms with van der Waals surface area (Å²) in [6.07, 6.45) is 0. The van der Waals surface area contributed by atoms with E-state index >= 15 is 0 Å². The van der Waals surface area contributed by atoms with Gasteiger partial charge in [-0.2, -0.15) is 0 Å². The summed E-state index contributed by atoms with van der Waals surface area (Å²) in [5.41, 5.74) is 17.9. The molecule has 0 aliphatic carbocycles. The van der Waals surface area contributed by atoms with Crippen molar-refractivity contribution in [2.75, 3.05) is 4.90 Å². The monoisotopic (exact) mass is 804 g/mol. The summed E-state index contributed by atoms with van der Waals surface area (Å²) in [7, 11) is 0. The molecule has 0 bridgehead atoms. The lowest BCUT2D eigenvalue weighted by atomic mass is 9.94. The molecule has 0 N–H and O–H groups in total. The van der Waals surface area contributed by atoms with E-state index in [0.717, 1.165) is 61.3 Å². The second-order valence-electron chi connectivity index (χ2n) is 16.1. The van der Waals surface area contributed by atoms with Gasteiger partial charge in [-0.1, -0.05) is 176 Å². The number of hydrogen-bond donors (Lipinski definition) is 0. The molecule has 3 heteroatoms. The fourth-order valence-electron chi connectivity index (χ4n) is 9.40. The van der Waals surface area contributed by atoms with E-state index in [-0.39, 0.29) is 0 Å². The molecule has 2 aromatic heterocycles. The Labute approximate surface area is 366 Å². The zero-order chi connectivity index (χ0) is 41.7. The van der Waals surface area contributed by atoms with Crippen LogP contribution in [0.25, 0.3) is 93.9 Å². The second-order valence-corrected chi connectivity index (χ2v) is 16.1. The van der Waals surface area contributed by atoms with Crippen molar-refractivity contribution in [1.29, 1.82) is 0 Å². The number of para-hydroxylation sites is 3. The summed E-state index contributed by atoms with van der Waals surface area (Å²) in [6, 6.07) is 87.0. The van der Waals surface area contributed by atoms with Crippen molar-refractivity contribution in [1.82, 2.24) is 4.57 Å². The first kappa shape index (κ1) is 36.5. The Morgan fingerprint density at radius 2 is 0.762 bits per heavy atom. The third-order valence-corrected chi connectivity index (χ3v) is 12.4. The van der Waals surface area contributed by atoms with Crippen LogP contribution < -0.4 is 4.90 Å². The first-order valence-corrected chi connectivity index (χ1v) is 21.5. The molecule has 0 unspecified atom stereocenters. The third-order valence-electron chi connectivity index (χ3n) is 12.4. The highest BCUT2D eigenvalue weighted by atomic mass is 16.3. The van der Waals surface area contributed by atoms with Crippen molar-refractivity contribution in [2.24, 2.45) is 0 Å². The van der Waals surface area contributed by atoms with Gasteiger partial charge >= 0.3 is 0 Å². The average molecular weight is 805 g/mol. The van der Waals surface area contributed by atoms with E-state index in [2.05, 4.69) is 240 Å². The van der Waals surface area contributed by atoms with Crippen LogP contribution in [0.1, 0.15) is 0 Å². The Morgan fingerprint density at radius 1 is 0.302 bits per heavy atom. The van der Waals surface area contributed by atoms with Gasteiger partial charge in [0.05, 0.1) is 16.7 Å². The minimum absolute atomic E-state index is 0.895. The lowest BCUT2D eigenvalue weighted by Gasteiger charge is -2.26. The molecular weight excluding hydrogens is 765 g/mol. The van der Waals surface area contributed by atoms with Gasteiger partial charge in [0.15, 0.2) is 5.58 Å². The van der Waals surface area contributed by atoms with E-state index in [0.29, 0.717) is 0 Å². The maximum atomic E-state index is 6.54. The van der Waals surface area contributed by atoms with Gasteiger partial charge in [0, 0.05) is 38.6 Å². The summed E-state index contributed by atoms with van der Waals surface area (Å²) < 4.78 is 8.90. The van der Waals surface area contributed by atoms with Gasteiger partial charge in [0.25, 0.3) is 0 Å². The van der Waals surface area contributed by atoms with Crippen LogP contribution in [-0.2, 0) is 0 Å². The number of rotatable bonds is 8. The smallest absolute Gasteiger partial charge is 0.159 e. The van der Waals surface area contributed by atoms with Gasteiger partial charge in [-0.25, -0.2) is 0 Å². The maximum absolute atomic E-state index is 6.54. The van der Waals surface area contributed by atoms with Crippen LogP contribution in [0.4, 0.5) is 17.1 Å². The highest BCUT2D eigenvalue weighted by molar-refractivity contribution is 6.13. The molecule has 0 saturated heterocycles. The highest BCUT2D eigenvalue weighted by Gasteiger charge is 2.19. The molecule has 0 aliphatic rings. The molecule has 10 aromatic carbocycles. The minimum Gasteiger partial charge on any atom is -0.454 e. The van der Waals surface area contributed by atoms with E-state index in [1.54, 1.807) is 0 Å². The summed E-state index contributed by atoms with van der Waals surface area (Å²) >= 11 is 0. The summed E-state index contributed by atoms with van der Waals surface area (Å²) in [4.78, 5) is 2.35. The zero-order valence-electron chi connectivity index (χ0n) is 34.4. The van der Waals surface area contributed by atoms with Crippen LogP contribution in [0.2, 0.25) is 0 Å².